The minimum Gasteiger partial charge on any atom is -0.484 e. The normalized spacial score (nSPS) is 14.5. The molecular weight excluding hydrogens is 439 g/mol. The van der Waals surface area contributed by atoms with Crippen molar-refractivity contribution in [2.45, 2.75) is 12.6 Å². The van der Waals surface area contributed by atoms with E-state index in [1.807, 2.05) is 0 Å². The molecule has 0 radical (unpaired) electrons. The van der Waals surface area contributed by atoms with Crippen LogP contribution in [0.3, 0.4) is 0 Å². The van der Waals surface area contributed by atoms with E-state index < -0.39 is 17.6 Å². The Morgan fingerprint density at radius 3 is 2.48 bits per heavy atom. The molecule has 3 rings (SSSR count). The lowest BCUT2D eigenvalue weighted by Gasteiger charge is -2.26. The molecule has 2 N–H and O–H groups in total. The number of carbonyl (C=O) groups excluding carboxylic acids is 2. The van der Waals surface area contributed by atoms with Crippen molar-refractivity contribution >= 4 is 17.5 Å². The highest BCUT2D eigenvalue weighted by Gasteiger charge is 2.30. The summed E-state index contributed by atoms with van der Waals surface area (Å²) in [5.74, 6) is -0.444. The van der Waals surface area contributed by atoms with Crippen LogP contribution in [0.1, 0.15) is 22.3 Å². The van der Waals surface area contributed by atoms with Crippen molar-refractivity contribution in [3.63, 3.8) is 0 Å². The number of benzene rings is 2. The number of hydrogen-bond acceptors (Lipinski definition) is 5. The first-order valence-electron chi connectivity index (χ1n) is 10.6. The van der Waals surface area contributed by atoms with Crippen molar-refractivity contribution in [3.8, 4) is 5.75 Å². The van der Waals surface area contributed by atoms with Crippen molar-refractivity contribution in [3.05, 3.63) is 59.7 Å². The Morgan fingerprint density at radius 2 is 1.79 bits per heavy atom. The maximum absolute atomic E-state index is 12.8. The van der Waals surface area contributed by atoms with E-state index in [0.29, 0.717) is 17.9 Å². The number of amides is 2. The fraction of sp³-hybridized carbons (Fsp3) is 0.391. The number of rotatable bonds is 9. The van der Waals surface area contributed by atoms with Crippen molar-refractivity contribution < 1.29 is 32.2 Å². The van der Waals surface area contributed by atoms with Gasteiger partial charge in [-0.3, -0.25) is 14.5 Å². The Morgan fingerprint density at radius 1 is 1.06 bits per heavy atom. The van der Waals surface area contributed by atoms with E-state index in [1.165, 1.54) is 12.1 Å². The molecule has 0 bridgehead atoms. The summed E-state index contributed by atoms with van der Waals surface area (Å²) >= 11 is 0. The van der Waals surface area contributed by atoms with E-state index in [-0.39, 0.29) is 18.2 Å². The molecule has 1 saturated heterocycles. The van der Waals surface area contributed by atoms with Gasteiger partial charge in [0.05, 0.1) is 18.8 Å². The predicted octanol–water partition coefficient (Wildman–Crippen LogP) is 3.18. The standard InChI is InChI=1S/C23H26F3N3O4/c24-23(25,26)18-3-1-4-19(15-18)28-21(30)16-33-20-7-5-17(6-8-20)22(31)27-9-2-10-29-11-13-32-14-12-29/h1,3-8,15H,2,9-14,16H2,(H,27,31)(H,28,30). The van der Waals surface area contributed by atoms with Gasteiger partial charge in [-0.25, -0.2) is 0 Å². The second-order valence-electron chi connectivity index (χ2n) is 7.50. The third-order valence-corrected chi connectivity index (χ3v) is 5.00. The summed E-state index contributed by atoms with van der Waals surface area (Å²) in [5.41, 5.74) is -0.364. The molecule has 0 aliphatic carbocycles. The molecule has 33 heavy (non-hydrogen) atoms. The molecule has 1 aliphatic heterocycles. The van der Waals surface area contributed by atoms with Crippen molar-refractivity contribution in [2.24, 2.45) is 0 Å². The van der Waals surface area contributed by atoms with E-state index in [9.17, 15) is 22.8 Å². The van der Waals surface area contributed by atoms with E-state index in [0.717, 1.165) is 51.4 Å². The minimum atomic E-state index is -4.49. The zero-order valence-corrected chi connectivity index (χ0v) is 18.0. The average Bonchev–Trinajstić information content (AvgIpc) is 2.81. The quantitative estimate of drug-likeness (QED) is 0.556. The van der Waals surface area contributed by atoms with Gasteiger partial charge in [-0.2, -0.15) is 13.2 Å². The molecule has 0 saturated carbocycles. The smallest absolute Gasteiger partial charge is 0.416 e. The van der Waals surface area contributed by atoms with Gasteiger partial charge in [0.2, 0.25) is 0 Å². The van der Waals surface area contributed by atoms with Crippen LogP contribution in [-0.4, -0.2) is 62.7 Å². The molecule has 1 heterocycles. The number of nitrogens with one attached hydrogen (secondary N) is 2. The minimum absolute atomic E-state index is 0.0269. The molecule has 0 aromatic heterocycles. The molecule has 7 nitrogen and oxygen atoms in total. The summed E-state index contributed by atoms with van der Waals surface area (Å²) in [6.07, 6.45) is -3.65. The highest BCUT2D eigenvalue weighted by molar-refractivity contribution is 5.94. The van der Waals surface area contributed by atoms with E-state index >= 15 is 0 Å². The summed E-state index contributed by atoms with van der Waals surface area (Å²) in [7, 11) is 0. The number of carbonyl (C=O) groups is 2. The van der Waals surface area contributed by atoms with Gasteiger partial charge in [0.1, 0.15) is 5.75 Å². The highest BCUT2D eigenvalue weighted by atomic mass is 19.4. The summed E-state index contributed by atoms with van der Waals surface area (Å²) in [4.78, 5) is 26.5. The fourth-order valence-corrected chi connectivity index (χ4v) is 3.25. The molecule has 0 atom stereocenters. The van der Waals surface area contributed by atoms with Crippen LogP contribution in [0.15, 0.2) is 48.5 Å². The molecule has 2 aromatic carbocycles. The van der Waals surface area contributed by atoms with Crippen LogP contribution in [0.2, 0.25) is 0 Å². The van der Waals surface area contributed by atoms with Gasteiger partial charge in [0.15, 0.2) is 6.61 Å². The van der Waals surface area contributed by atoms with Crippen molar-refractivity contribution in [1.82, 2.24) is 10.2 Å². The van der Waals surface area contributed by atoms with E-state index in [2.05, 4.69) is 15.5 Å². The first kappa shape index (κ1) is 24.5. The summed E-state index contributed by atoms with van der Waals surface area (Å²) in [5, 5.41) is 5.24. The van der Waals surface area contributed by atoms with Crippen LogP contribution >= 0.6 is 0 Å². The second-order valence-corrected chi connectivity index (χ2v) is 7.50. The molecule has 178 valence electrons. The Bertz CT molecular complexity index is 929. The van der Waals surface area contributed by atoms with E-state index in [4.69, 9.17) is 9.47 Å². The van der Waals surface area contributed by atoms with Gasteiger partial charge < -0.3 is 20.1 Å². The maximum atomic E-state index is 12.8. The molecule has 2 amide bonds. The van der Waals surface area contributed by atoms with Gasteiger partial charge in [-0.05, 0) is 55.4 Å². The van der Waals surface area contributed by atoms with Crippen LogP contribution in [0, 0.1) is 0 Å². The molecule has 1 fully saturated rings. The first-order chi connectivity index (χ1) is 15.8. The lowest BCUT2D eigenvalue weighted by molar-refractivity contribution is -0.137. The van der Waals surface area contributed by atoms with Crippen LogP contribution in [-0.2, 0) is 15.7 Å². The molecule has 0 unspecified atom stereocenters. The molecular formula is C23H26F3N3O4. The molecule has 2 aromatic rings. The monoisotopic (exact) mass is 465 g/mol. The summed E-state index contributed by atoms with van der Waals surface area (Å²) < 4.78 is 48.9. The number of morpholine rings is 1. The summed E-state index contributed by atoms with van der Waals surface area (Å²) in [6.45, 7) is 4.38. The van der Waals surface area contributed by atoms with Crippen molar-refractivity contribution in [2.75, 3.05) is 51.3 Å². The third-order valence-electron chi connectivity index (χ3n) is 5.00. The lowest BCUT2D eigenvalue weighted by atomic mass is 10.2. The number of nitrogens with zero attached hydrogens (tertiary/aromatic N) is 1. The van der Waals surface area contributed by atoms with Gasteiger partial charge in [-0.15, -0.1) is 0 Å². The van der Waals surface area contributed by atoms with Gasteiger partial charge in [0, 0.05) is 30.9 Å². The third kappa shape index (κ3) is 8.07. The number of alkyl halides is 3. The molecule has 0 spiro atoms. The number of hydrogen-bond donors (Lipinski definition) is 2. The predicted molar refractivity (Wildman–Crippen MR) is 116 cm³/mol. The SMILES string of the molecule is O=C(COc1ccc(C(=O)NCCCN2CCOCC2)cc1)Nc1cccc(C(F)(F)F)c1. The Hall–Kier alpha value is -3.11. The zero-order valence-electron chi connectivity index (χ0n) is 18.0. The lowest BCUT2D eigenvalue weighted by Crippen LogP contribution is -2.38. The summed E-state index contributed by atoms with van der Waals surface area (Å²) in [6, 6.07) is 10.6. The zero-order chi connectivity index (χ0) is 23.7. The van der Waals surface area contributed by atoms with Gasteiger partial charge >= 0.3 is 6.18 Å². The maximum Gasteiger partial charge on any atom is 0.416 e. The Kier molecular flexibility index (Phi) is 8.67. The Labute approximate surface area is 189 Å². The van der Waals surface area contributed by atoms with E-state index in [1.54, 1.807) is 24.3 Å². The van der Waals surface area contributed by atoms with Crippen LogP contribution in [0.5, 0.6) is 5.75 Å². The number of anilines is 1. The molecule has 10 heteroatoms. The van der Waals surface area contributed by atoms with Crippen LogP contribution in [0.25, 0.3) is 0 Å². The first-order valence-corrected chi connectivity index (χ1v) is 10.6. The van der Waals surface area contributed by atoms with Crippen LogP contribution < -0.4 is 15.4 Å². The van der Waals surface area contributed by atoms with Crippen molar-refractivity contribution in [1.29, 1.82) is 0 Å². The topological polar surface area (TPSA) is 79.9 Å². The van der Waals surface area contributed by atoms with Gasteiger partial charge in [-0.1, -0.05) is 6.07 Å². The number of ether oxygens (including phenoxy) is 2. The fourth-order valence-electron chi connectivity index (χ4n) is 3.25. The largest absolute Gasteiger partial charge is 0.484 e. The van der Waals surface area contributed by atoms with Crippen LogP contribution in [0.4, 0.5) is 18.9 Å². The number of halogens is 3. The van der Waals surface area contributed by atoms with Gasteiger partial charge in [0.25, 0.3) is 11.8 Å². The highest BCUT2D eigenvalue weighted by Crippen LogP contribution is 2.30. The second kappa shape index (κ2) is 11.7. The average molecular weight is 465 g/mol. The Balaban J connectivity index is 1.39. The molecule has 1 aliphatic rings.